The maximum absolute atomic E-state index is 13.0. The van der Waals surface area contributed by atoms with Crippen LogP contribution in [0, 0.1) is 6.92 Å². The summed E-state index contributed by atoms with van der Waals surface area (Å²) in [5.41, 5.74) is 3.04. The topological polar surface area (TPSA) is 84.2 Å². The van der Waals surface area contributed by atoms with Gasteiger partial charge < -0.3 is 9.47 Å². The first-order valence-corrected chi connectivity index (χ1v) is 11.5. The Morgan fingerprint density at radius 2 is 1.97 bits per heavy atom. The molecule has 8 heteroatoms. The second-order valence-corrected chi connectivity index (χ2v) is 8.81. The molecule has 0 bridgehead atoms. The lowest BCUT2D eigenvalue weighted by atomic mass is 10.0. The number of likely N-dealkylation sites (tertiary alicyclic amines) is 1. The summed E-state index contributed by atoms with van der Waals surface area (Å²) in [6.45, 7) is 3.89. The molecule has 1 aromatic carbocycles. The normalized spacial score (nSPS) is 18.0. The molecule has 0 spiro atoms. The van der Waals surface area contributed by atoms with Gasteiger partial charge in [0.2, 0.25) is 11.8 Å². The van der Waals surface area contributed by atoms with Crippen molar-refractivity contribution in [2.24, 2.45) is 0 Å². The molecule has 33 heavy (non-hydrogen) atoms. The Kier molecular flexibility index (Phi) is 5.66. The zero-order valence-corrected chi connectivity index (χ0v) is 19.1. The van der Waals surface area contributed by atoms with Crippen LogP contribution in [0.3, 0.4) is 0 Å². The predicted octanol–water partition coefficient (Wildman–Crippen LogP) is 2.96. The molecule has 2 aromatic heterocycles. The molecule has 1 atom stereocenters. The fraction of sp³-hybridized carbons (Fsp3) is 0.400. The van der Waals surface area contributed by atoms with Crippen molar-refractivity contribution in [3.63, 3.8) is 0 Å². The van der Waals surface area contributed by atoms with Gasteiger partial charge in [-0.25, -0.2) is 15.0 Å². The van der Waals surface area contributed by atoms with E-state index in [1.165, 1.54) is 0 Å². The summed E-state index contributed by atoms with van der Waals surface area (Å²) in [4.78, 5) is 42.6. The number of aryl methyl sites for hydroxylation is 2. The van der Waals surface area contributed by atoms with Gasteiger partial charge in [-0.1, -0.05) is 30.3 Å². The van der Waals surface area contributed by atoms with Crippen molar-refractivity contribution in [1.82, 2.24) is 24.4 Å². The summed E-state index contributed by atoms with van der Waals surface area (Å²) in [6.07, 6.45) is 6.15. The van der Waals surface area contributed by atoms with Crippen molar-refractivity contribution in [1.29, 1.82) is 0 Å². The van der Waals surface area contributed by atoms with Gasteiger partial charge >= 0.3 is 0 Å². The summed E-state index contributed by atoms with van der Waals surface area (Å²) in [5.74, 6) is 2.66. The van der Waals surface area contributed by atoms with E-state index in [1.807, 2.05) is 52.9 Å². The second kappa shape index (κ2) is 8.77. The molecule has 8 nitrogen and oxygen atoms in total. The smallest absolute Gasteiger partial charge is 0.228 e. The van der Waals surface area contributed by atoms with Gasteiger partial charge in [-0.3, -0.25) is 14.5 Å². The number of hydrogen-bond donors (Lipinski definition) is 0. The van der Waals surface area contributed by atoms with E-state index in [4.69, 9.17) is 9.97 Å². The number of nitrogens with zero attached hydrogens (tertiary/aromatic N) is 6. The maximum Gasteiger partial charge on any atom is 0.228 e. The first-order chi connectivity index (χ1) is 16.0. The van der Waals surface area contributed by atoms with Gasteiger partial charge in [0, 0.05) is 74.7 Å². The van der Waals surface area contributed by atoms with Crippen LogP contribution in [0.4, 0.5) is 5.82 Å². The third-order valence-corrected chi connectivity index (χ3v) is 6.71. The van der Waals surface area contributed by atoms with Crippen LogP contribution in [0.5, 0.6) is 0 Å². The van der Waals surface area contributed by atoms with E-state index in [1.54, 1.807) is 18.1 Å². The van der Waals surface area contributed by atoms with Crippen LogP contribution in [0.15, 0.2) is 42.7 Å². The third kappa shape index (κ3) is 4.13. The first-order valence-electron chi connectivity index (χ1n) is 11.5. The second-order valence-electron chi connectivity index (χ2n) is 8.81. The van der Waals surface area contributed by atoms with E-state index in [-0.39, 0.29) is 17.7 Å². The molecule has 0 saturated carbocycles. The van der Waals surface area contributed by atoms with Gasteiger partial charge in [-0.2, -0.15) is 0 Å². The highest BCUT2D eigenvalue weighted by atomic mass is 16.2. The lowest BCUT2D eigenvalue weighted by Crippen LogP contribution is -2.33. The van der Waals surface area contributed by atoms with E-state index in [0.29, 0.717) is 38.9 Å². The maximum atomic E-state index is 13.0. The molecular formula is C25H28N6O2. The lowest BCUT2D eigenvalue weighted by Gasteiger charge is -2.26. The Balaban J connectivity index is 1.24. The Morgan fingerprint density at radius 3 is 2.79 bits per heavy atom. The molecule has 170 valence electrons. The summed E-state index contributed by atoms with van der Waals surface area (Å²) in [7, 11) is 1.78. The van der Waals surface area contributed by atoms with E-state index in [9.17, 15) is 9.59 Å². The number of rotatable bonds is 5. The highest BCUT2D eigenvalue weighted by Gasteiger charge is 2.32. The zero-order chi connectivity index (χ0) is 22.9. The quantitative estimate of drug-likeness (QED) is 0.604. The van der Waals surface area contributed by atoms with Gasteiger partial charge in [0.05, 0.1) is 0 Å². The van der Waals surface area contributed by atoms with Crippen molar-refractivity contribution in [2.75, 3.05) is 25.0 Å². The highest BCUT2D eigenvalue weighted by molar-refractivity contribution is 5.94. The zero-order valence-electron chi connectivity index (χ0n) is 19.1. The summed E-state index contributed by atoms with van der Waals surface area (Å²) < 4.78 is 2.03. The predicted molar refractivity (Wildman–Crippen MR) is 125 cm³/mol. The molecule has 0 N–H and O–H groups in total. The number of hydrogen-bond acceptors (Lipinski definition) is 5. The summed E-state index contributed by atoms with van der Waals surface area (Å²) in [6, 6.07) is 10.0. The molecule has 0 unspecified atom stereocenters. The van der Waals surface area contributed by atoms with E-state index >= 15 is 0 Å². The molecule has 2 aliphatic rings. The lowest BCUT2D eigenvalue weighted by molar-refractivity contribution is -0.130. The van der Waals surface area contributed by atoms with Crippen LogP contribution in [0.2, 0.25) is 0 Å². The minimum absolute atomic E-state index is 0.0872. The number of aromatic nitrogens is 4. The number of fused-ring (bicyclic) bond motifs is 1. The molecule has 4 heterocycles. The van der Waals surface area contributed by atoms with Crippen LogP contribution in [-0.2, 0) is 22.6 Å². The third-order valence-electron chi connectivity index (χ3n) is 6.71. The van der Waals surface area contributed by atoms with E-state index < -0.39 is 0 Å². The van der Waals surface area contributed by atoms with Crippen LogP contribution in [0.1, 0.15) is 42.3 Å². The first kappa shape index (κ1) is 21.3. The average molecular weight is 445 g/mol. The monoisotopic (exact) mass is 444 g/mol. The Morgan fingerprint density at radius 1 is 1.15 bits per heavy atom. The van der Waals surface area contributed by atoms with Crippen molar-refractivity contribution in [3.05, 3.63) is 59.8 Å². The number of anilines is 1. The summed E-state index contributed by atoms with van der Waals surface area (Å²) >= 11 is 0. The number of carbonyl (C=O) groups excluding carboxylic acids is 2. The average Bonchev–Trinajstić information content (AvgIpc) is 3.51. The largest absolute Gasteiger partial charge is 0.342 e. The molecular weight excluding hydrogens is 416 g/mol. The molecule has 1 saturated heterocycles. The van der Waals surface area contributed by atoms with Gasteiger partial charge in [0.15, 0.2) is 0 Å². The molecule has 2 amide bonds. The Bertz CT molecular complexity index is 1190. The van der Waals surface area contributed by atoms with Crippen molar-refractivity contribution in [2.45, 2.75) is 45.1 Å². The summed E-state index contributed by atoms with van der Waals surface area (Å²) in [5, 5.41) is 0. The molecule has 0 aliphatic carbocycles. The minimum atomic E-state index is 0.0872. The van der Waals surface area contributed by atoms with Crippen LogP contribution in [-0.4, -0.2) is 56.4 Å². The van der Waals surface area contributed by atoms with Crippen molar-refractivity contribution >= 4 is 17.6 Å². The SMILES string of the molecule is Cc1nc([C@H]2CCN(C(=O)CCn3ccnc3-c3ccccc3)C2)nc2c1CCC(=O)N2C. The van der Waals surface area contributed by atoms with Crippen LogP contribution >= 0.6 is 0 Å². The van der Waals surface area contributed by atoms with Crippen LogP contribution in [0.25, 0.3) is 11.4 Å². The molecule has 3 aromatic rings. The van der Waals surface area contributed by atoms with Gasteiger partial charge in [-0.05, 0) is 19.8 Å². The molecule has 5 rings (SSSR count). The standard InChI is InChI=1S/C25H28N6O2/c1-17-20-8-9-21(32)29(2)25(20)28-23(27-17)19-10-13-31(16-19)22(33)11-14-30-15-12-26-24(30)18-6-4-3-5-7-18/h3-7,12,15,19H,8-11,13-14,16H2,1-2H3/t19-/m0/s1. The van der Waals surface area contributed by atoms with Gasteiger partial charge in [0.25, 0.3) is 0 Å². The number of imidazole rings is 1. The number of amides is 2. The van der Waals surface area contributed by atoms with Gasteiger partial charge in [-0.15, -0.1) is 0 Å². The number of carbonyl (C=O) groups is 2. The van der Waals surface area contributed by atoms with Crippen molar-refractivity contribution in [3.8, 4) is 11.4 Å². The van der Waals surface area contributed by atoms with Crippen molar-refractivity contribution < 1.29 is 9.59 Å². The highest BCUT2D eigenvalue weighted by Crippen LogP contribution is 2.31. The number of benzene rings is 1. The molecule has 1 fully saturated rings. The van der Waals surface area contributed by atoms with Crippen LogP contribution < -0.4 is 4.90 Å². The Labute approximate surface area is 193 Å². The van der Waals surface area contributed by atoms with E-state index in [2.05, 4.69) is 4.98 Å². The molecule has 2 aliphatic heterocycles. The molecule has 0 radical (unpaired) electrons. The fourth-order valence-electron chi connectivity index (χ4n) is 4.78. The van der Waals surface area contributed by atoms with Gasteiger partial charge in [0.1, 0.15) is 17.5 Å². The fourth-order valence-corrected chi connectivity index (χ4v) is 4.78. The van der Waals surface area contributed by atoms with E-state index in [0.717, 1.165) is 40.7 Å². The Hall–Kier alpha value is -3.55. The minimum Gasteiger partial charge on any atom is -0.342 e.